The minimum Gasteiger partial charge on any atom is -0.452 e. The van der Waals surface area contributed by atoms with E-state index >= 15 is 0 Å². The summed E-state index contributed by atoms with van der Waals surface area (Å²) in [5.41, 5.74) is 1.82. The van der Waals surface area contributed by atoms with Crippen LogP contribution in [-0.2, 0) is 24.3 Å². The van der Waals surface area contributed by atoms with Crippen LogP contribution >= 0.6 is 0 Å². The zero-order valence-electron chi connectivity index (χ0n) is 16.9. The topological polar surface area (TPSA) is 102 Å². The molecule has 1 aliphatic rings. The van der Waals surface area contributed by atoms with Gasteiger partial charge in [0.2, 0.25) is 10.0 Å². The number of hydrogen-bond donors (Lipinski definition) is 2. The Balaban J connectivity index is 1.85. The third-order valence-electron chi connectivity index (χ3n) is 5.31. The molecule has 1 amide bonds. The average molecular weight is 411 g/mol. The molecule has 1 saturated carbocycles. The average Bonchev–Trinajstić information content (AvgIpc) is 2.64. The third kappa shape index (κ3) is 6.04. The third-order valence-corrected chi connectivity index (χ3v) is 6.71. The number of amides is 1. The van der Waals surface area contributed by atoms with Crippen LogP contribution in [0.2, 0.25) is 0 Å². The van der Waals surface area contributed by atoms with Gasteiger partial charge in [-0.05, 0) is 62.8 Å². The first-order chi connectivity index (χ1) is 13.1. The normalized spacial score (nSPS) is 21.0. The maximum Gasteiger partial charge on any atom is 0.321 e. The Labute approximate surface area is 167 Å². The fourth-order valence-corrected chi connectivity index (χ4v) is 4.30. The van der Waals surface area contributed by atoms with E-state index in [9.17, 15) is 18.0 Å². The minimum absolute atomic E-state index is 0.0838. The summed E-state index contributed by atoms with van der Waals surface area (Å²) in [5.74, 6) is -0.763. The van der Waals surface area contributed by atoms with Crippen molar-refractivity contribution in [1.29, 1.82) is 0 Å². The summed E-state index contributed by atoms with van der Waals surface area (Å²) < 4.78 is 31.9. The molecule has 0 radical (unpaired) electrons. The molecule has 2 N–H and O–H groups in total. The van der Waals surface area contributed by atoms with Crippen molar-refractivity contribution in [3.63, 3.8) is 0 Å². The molecule has 1 aromatic carbocycles. The highest BCUT2D eigenvalue weighted by molar-refractivity contribution is 7.89. The molecule has 8 heteroatoms. The number of aryl methyl sites for hydroxylation is 2. The van der Waals surface area contributed by atoms with Gasteiger partial charge in [0.15, 0.2) is 6.10 Å². The molecule has 7 nitrogen and oxygen atoms in total. The van der Waals surface area contributed by atoms with Crippen molar-refractivity contribution in [3.8, 4) is 0 Å². The van der Waals surface area contributed by atoms with Gasteiger partial charge >= 0.3 is 5.97 Å². The Hall–Kier alpha value is -1.93. The number of ether oxygens (including phenoxy) is 1. The van der Waals surface area contributed by atoms with Crippen molar-refractivity contribution in [2.75, 3.05) is 6.54 Å². The summed E-state index contributed by atoms with van der Waals surface area (Å²) in [5, 5.41) is 2.93. The highest BCUT2D eigenvalue weighted by Gasteiger charge is 2.26. The van der Waals surface area contributed by atoms with Crippen molar-refractivity contribution in [1.82, 2.24) is 10.0 Å². The molecular weight excluding hydrogens is 380 g/mol. The number of hydrogen-bond acceptors (Lipinski definition) is 5. The van der Waals surface area contributed by atoms with E-state index in [1.54, 1.807) is 12.1 Å². The number of benzene rings is 1. The van der Waals surface area contributed by atoms with Crippen LogP contribution in [0.1, 0.15) is 50.7 Å². The first-order valence-electron chi connectivity index (χ1n) is 9.67. The van der Waals surface area contributed by atoms with Crippen LogP contribution < -0.4 is 10.0 Å². The van der Waals surface area contributed by atoms with Gasteiger partial charge in [-0.2, -0.15) is 4.72 Å². The Kier molecular flexibility index (Phi) is 7.60. The molecule has 0 saturated heterocycles. The van der Waals surface area contributed by atoms with Gasteiger partial charge in [-0.15, -0.1) is 0 Å². The first-order valence-corrected chi connectivity index (χ1v) is 11.1. The lowest BCUT2D eigenvalue weighted by Crippen LogP contribution is -2.46. The standard InChI is InChI=1S/C20H30N2O5S/c1-13-9-10-17(11-15(13)3)28(25,26)21-12-19(23)27-16(4)20(24)22-18-8-6-5-7-14(18)2/h9-11,14,16,18,21H,5-8,12H2,1-4H3,(H,22,24)/t14-,16+,18-/m0/s1. The van der Waals surface area contributed by atoms with Gasteiger partial charge in [-0.3, -0.25) is 9.59 Å². The second-order valence-electron chi connectivity index (χ2n) is 7.58. The second-order valence-corrected chi connectivity index (χ2v) is 9.35. The van der Waals surface area contributed by atoms with E-state index < -0.39 is 28.6 Å². The molecule has 1 aromatic rings. The largest absolute Gasteiger partial charge is 0.452 e. The minimum atomic E-state index is -3.83. The quantitative estimate of drug-likeness (QED) is 0.671. The molecule has 0 unspecified atom stereocenters. The van der Waals surface area contributed by atoms with Gasteiger partial charge in [-0.25, -0.2) is 8.42 Å². The monoisotopic (exact) mass is 410 g/mol. The van der Waals surface area contributed by atoms with Gasteiger partial charge < -0.3 is 10.1 Å². The van der Waals surface area contributed by atoms with E-state index in [1.807, 2.05) is 13.8 Å². The van der Waals surface area contributed by atoms with E-state index in [1.165, 1.54) is 19.4 Å². The van der Waals surface area contributed by atoms with Crippen LogP contribution in [0.5, 0.6) is 0 Å². The van der Waals surface area contributed by atoms with E-state index in [2.05, 4.69) is 17.0 Å². The van der Waals surface area contributed by atoms with Gasteiger partial charge in [0.25, 0.3) is 5.91 Å². The summed E-state index contributed by atoms with van der Waals surface area (Å²) in [6, 6.07) is 4.83. The smallest absolute Gasteiger partial charge is 0.321 e. The number of carbonyl (C=O) groups is 2. The highest BCUT2D eigenvalue weighted by atomic mass is 32.2. The molecule has 0 spiro atoms. The fourth-order valence-electron chi connectivity index (χ4n) is 3.24. The number of rotatable bonds is 7. The molecule has 0 bridgehead atoms. The van der Waals surface area contributed by atoms with Crippen LogP contribution in [0.4, 0.5) is 0 Å². The molecule has 3 atom stereocenters. The van der Waals surface area contributed by atoms with Gasteiger partial charge in [0.1, 0.15) is 6.54 Å². The van der Waals surface area contributed by atoms with E-state index in [0.29, 0.717) is 5.92 Å². The first kappa shape index (κ1) is 22.4. The lowest BCUT2D eigenvalue weighted by molar-refractivity contribution is -0.154. The molecule has 0 aromatic heterocycles. The van der Waals surface area contributed by atoms with E-state index in [4.69, 9.17) is 4.74 Å². The molecule has 0 heterocycles. The Morgan fingerprint density at radius 3 is 2.50 bits per heavy atom. The van der Waals surface area contributed by atoms with Crippen molar-refractivity contribution in [2.45, 2.75) is 70.4 Å². The van der Waals surface area contributed by atoms with E-state index in [0.717, 1.165) is 30.4 Å². The zero-order valence-corrected chi connectivity index (χ0v) is 17.8. The molecule has 0 aliphatic heterocycles. The molecule has 1 fully saturated rings. The Bertz CT molecular complexity index is 822. The van der Waals surface area contributed by atoms with Crippen LogP contribution in [0.25, 0.3) is 0 Å². The molecule has 156 valence electrons. The maximum atomic E-state index is 12.3. The SMILES string of the molecule is Cc1ccc(S(=O)(=O)NCC(=O)O[C@H](C)C(=O)N[C@H]2CCCC[C@@H]2C)cc1C. The van der Waals surface area contributed by atoms with Crippen LogP contribution in [0.3, 0.4) is 0 Å². The highest BCUT2D eigenvalue weighted by Crippen LogP contribution is 2.23. The summed E-state index contributed by atoms with van der Waals surface area (Å²) >= 11 is 0. The van der Waals surface area contributed by atoms with Crippen molar-refractivity contribution in [3.05, 3.63) is 29.3 Å². The summed E-state index contributed by atoms with van der Waals surface area (Å²) in [4.78, 5) is 24.3. The molecule has 28 heavy (non-hydrogen) atoms. The van der Waals surface area contributed by atoms with Gasteiger partial charge in [-0.1, -0.05) is 25.8 Å². The van der Waals surface area contributed by atoms with Crippen LogP contribution in [-0.4, -0.2) is 39.0 Å². The zero-order chi connectivity index (χ0) is 20.9. The molecule has 2 rings (SSSR count). The molecular formula is C20H30N2O5S. The predicted molar refractivity (Wildman–Crippen MR) is 106 cm³/mol. The maximum absolute atomic E-state index is 12.3. The Morgan fingerprint density at radius 2 is 1.86 bits per heavy atom. The van der Waals surface area contributed by atoms with Crippen molar-refractivity contribution >= 4 is 21.9 Å². The lowest BCUT2D eigenvalue weighted by atomic mass is 9.86. The summed E-state index contributed by atoms with van der Waals surface area (Å²) in [7, 11) is -3.83. The van der Waals surface area contributed by atoms with Gasteiger partial charge in [0.05, 0.1) is 4.90 Å². The second kappa shape index (κ2) is 9.52. The van der Waals surface area contributed by atoms with Crippen LogP contribution in [0, 0.1) is 19.8 Å². The van der Waals surface area contributed by atoms with E-state index in [-0.39, 0.29) is 16.8 Å². The Morgan fingerprint density at radius 1 is 1.18 bits per heavy atom. The number of carbonyl (C=O) groups excluding carboxylic acids is 2. The number of sulfonamides is 1. The van der Waals surface area contributed by atoms with Crippen molar-refractivity contribution in [2.24, 2.45) is 5.92 Å². The summed E-state index contributed by atoms with van der Waals surface area (Å²) in [6.07, 6.45) is 3.25. The lowest BCUT2D eigenvalue weighted by Gasteiger charge is -2.30. The number of esters is 1. The fraction of sp³-hybridized carbons (Fsp3) is 0.600. The summed E-state index contributed by atoms with van der Waals surface area (Å²) in [6.45, 7) is 6.75. The predicted octanol–water partition coefficient (Wildman–Crippen LogP) is 2.21. The molecule has 1 aliphatic carbocycles. The van der Waals surface area contributed by atoms with Crippen molar-refractivity contribution < 1.29 is 22.7 Å². The van der Waals surface area contributed by atoms with Gasteiger partial charge in [0, 0.05) is 6.04 Å². The van der Waals surface area contributed by atoms with Crippen LogP contribution in [0.15, 0.2) is 23.1 Å². The number of nitrogens with one attached hydrogen (secondary N) is 2.